The first-order chi connectivity index (χ1) is 14.0. The molecule has 1 N–H and O–H groups in total. The first kappa shape index (κ1) is 19.6. The van der Waals surface area contributed by atoms with Gasteiger partial charge in [0.2, 0.25) is 5.91 Å². The van der Waals surface area contributed by atoms with Crippen LogP contribution in [0.3, 0.4) is 0 Å². The molecule has 2 aliphatic heterocycles. The number of nitriles is 1. The van der Waals surface area contributed by atoms with Gasteiger partial charge in [0.15, 0.2) is 0 Å². The number of carbonyl (C=O) groups is 1. The van der Waals surface area contributed by atoms with E-state index in [1.165, 1.54) is 10.5 Å². The van der Waals surface area contributed by atoms with E-state index >= 15 is 0 Å². The Balaban J connectivity index is 1.34. The molecule has 0 spiro atoms. The molecule has 29 heavy (non-hydrogen) atoms. The van der Waals surface area contributed by atoms with Crippen LogP contribution in [0.25, 0.3) is 10.9 Å². The maximum Gasteiger partial charge on any atom is 0.237 e. The van der Waals surface area contributed by atoms with Crippen molar-refractivity contribution in [1.82, 2.24) is 14.8 Å². The predicted molar refractivity (Wildman–Crippen MR) is 110 cm³/mol. The van der Waals surface area contributed by atoms with Crippen LogP contribution >= 0.6 is 0 Å². The molecular weight excluding hydrogens is 369 g/mol. The third-order valence-corrected chi connectivity index (χ3v) is 6.01. The number of benzene rings is 1. The summed E-state index contributed by atoms with van der Waals surface area (Å²) in [7, 11) is 0. The van der Waals surface area contributed by atoms with Crippen LogP contribution in [0.15, 0.2) is 30.5 Å². The number of carbonyl (C=O) groups excluding carboxylic acids is 1. The number of amides is 1. The lowest BCUT2D eigenvalue weighted by molar-refractivity contribution is -0.132. The standard InChI is InChI=1S/C22H26FN5O/c1-15-4-5-20-19(3-2-8-25-20)22(15)26-17-6-9-27(10-7-17)14-21(29)28-13-16(23)11-18(28)12-24/h2-5,8,16-18,26H,6-7,9-11,13-14H2,1H3/t16-,18-/m0/s1. The van der Waals surface area contributed by atoms with Crippen LogP contribution in [-0.2, 0) is 4.79 Å². The molecule has 4 rings (SSSR count). The van der Waals surface area contributed by atoms with E-state index in [1.54, 1.807) is 6.20 Å². The van der Waals surface area contributed by atoms with Crippen molar-refractivity contribution in [3.05, 3.63) is 36.0 Å². The second kappa shape index (κ2) is 8.34. The molecule has 0 saturated carbocycles. The maximum absolute atomic E-state index is 13.6. The maximum atomic E-state index is 13.6. The number of nitrogens with zero attached hydrogens (tertiary/aromatic N) is 4. The molecule has 2 aromatic rings. The van der Waals surface area contributed by atoms with Crippen LogP contribution < -0.4 is 5.32 Å². The molecule has 0 unspecified atom stereocenters. The van der Waals surface area contributed by atoms with E-state index in [9.17, 15) is 9.18 Å². The van der Waals surface area contributed by atoms with Crippen molar-refractivity contribution in [2.75, 3.05) is 31.5 Å². The Labute approximate surface area is 170 Å². The largest absolute Gasteiger partial charge is 0.381 e. The molecular formula is C22H26FN5O. The van der Waals surface area contributed by atoms with Crippen molar-refractivity contribution < 1.29 is 9.18 Å². The Bertz CT molecular complexity index is 934. The predicted octanol–water partition coefficient (Wildman–Crippen LogP) is 2.88. The molecule has 0 bridgehead atoms. The summed E-state index contributed by atoms with van der Waals surface area (Å²) >= 11 is 0. The second-order valence-electron chi connectivity index (χ2n) is 8.05. The molecule has 1 amide bonds. The van der Waals surface area contributed by atoms with Gasteiger partial charge in [0.1, 0.15) is 12.2 Å². The van der Waals surface area contributed by atoms with Gasteiger partial charge >= 0.3 is 0 Å². The first-order valence-electron chi connectivity index (χ1n) is 10.2. The molecule has 2 aliphatic rings. The number of rotatable bonds is 4. The topological polar surface area (TPSA) is 72.3 Å². The van der Waals surface area contributed by atoms with Crippen LogP contribution in [0.2, 0.25) is 0 Å². The number of anilines is 1. The zero-order valence-corrected chi connectivity index (χ0v) is 16.6. The zero-order chi connectivity index (χ0) is 20.4. The molecule has 2 fully saturated rings. The quantitative estimate of drug-likeness (QED) is 0.862. The molecule has 152 valence electrons. The van der Waals surface area contributed by atoms with Gasteiger partial charge in [-0.2, -0.15) is 5.26 Å². The summed E-state index contributed by atoms with van der Waals surface area (Å²) in [6.45, 7) is 4.01. The fourth-order valence-corrected chi connectivity index (χ4v) is 4.36. The third kappa shape index (κ3) is 4.18. The summed E-state index contributed by atoms with van der Waals surface area (Å²) < 4.78 is 13.6. The number of alkyl halides is 1. The second-order valence-corrected chi connectivity index (χ2v) is 8.05. The summed E-state index contributed by atoms with van der Waals surface area (Å²) in [5.74, 6) is -0.140. The van der Waals surface area contributed by atoms with Crippen molar-refractivity contribution in [3.8, 4) is 6.07 Å². The smallest absolute Gasteiger partial charge is 0.237 e. The summed E-state index contributed by atoms with van der Waals surface area (Å²) in [4.78, 5) is 20.5. The van der Waals surface area contributed by atoms with Crippen LogP contribution in [-0.4, -0.2) is 65.1 Å². The van der Waals surface area contributed by atoms with Crippen LogP contribution in [0.4, 0.5) is 10.1 Å². The number of piperidine rings is 1. The van der Waals surface area contributed by atoms with Crippen LogP contribution in [0, 0.1) is 18.3 Å². The Morgan fingerprint density at radius 2 is 2.14 bits per heavy atom. The van der Waals surface area contributed by atoms with E-state index in [-0.39, 0.29) is 25.4 Å². The van der Waals surface area contributed by atoms with Gasteiger partial charge in [-0.05, 0) is 43.5 Å². The van der Waals surface area contributed by atoms with Crippen LogP contribution in [0.1, 0.15) is 24.8 Å². The van der Waals surface area contributed by atoms with E-state index in [4.69, 9.17) is 5.26 Å². The molecule has 3 heterocycles. The van der Waals surface area contributed by atoms with Gasteiger partial charge in [-0.3, -0.25) is 14.7 Å². The normalized spacial score (nSPS) is 23.3. The van der Waals surface area contributed by atoms with E-state index < -0.39 is 12.2 Å². The highest BCUT2D eigenvalue weighted by atomic mass is 19.1. The third-order valence-electron chi connectivity index (χ3n) is 6.01. The Morgan fingerprint density at radius 3 is 2.90 bits per heavy atom. The number of hydrogen-bond donors (Lipinski definition) is 1. The first-order valence-corrected chi connectivity index (χ1v) is 10.2. The Morgan fingerprint density at radius 1 is 1.34 bits per heavy atom. The fourth-order valence-electron chi connectivity index (χ4n) is 4.36. The molecule has 0 radical (unpaired) electrons. The molecule has 2 saturated heterocycles. The lowest BCUT2D eigenvalue weighted by Gasteiger charge is -2.34. The average molecular weight is 395 g/mol. The molecule has 0 aliphatic carbocycles. The van der Waals surface area contributed by atoms with Gasteiger partial charge in [-0.15, -0.1) is 0 Å². The summed E-state index contributed by atoms with van der Waals surface area (Å²) in [6.07, 6.45) is 2.71. The molecule has 6 nitrogen and oxygen atoms in total. The number of aryl methyl sites for hydroxylation is 1. The number of pyridine rings is 1. The van der Waals surface area contributed by atoms with Crippen LogP contribution in [0.5, 0.6) is 0 Å². The summed E-state index contributed by atoms with van der Waals surface area (Å²) in [5, 5.41) is 14.0. The molecule has 2 atom stereocenters. The highest BCUT2D eigenvalue weighted by Gasteiger charge is 2.36. The fraction of sp³-hybridized carbons (Fsp3) is 0.500. The van der Waals surface area contributed by atoms with Gasteiger partial charge in [-0.25, -0.2) is 4.39 Å². The highest BCUT2D eigenvalue weighted by molar-refractivity contribution is 5.93. The van der Waals surface area contributed by atoms with Crippen molar-refractivity contribution in [2.45, 2.75) is 44.4 Å². The van der Waals surface area contributed by atoms with Gasteiger partial charge in [0, 0.05) is 42.8 Å². The van der Waals surface area contributed by atoms with Crippen molar-refractivity contribution >= 4 is 22.5 Å². The van der Waals surface area contributed by atoms with Crippen molar-refractivity contribution in [1.29, 1.82) is 5.26 Å². The minimum absolute atomic E-state index is 0.0451. The number of hydrogen-bond acceptors (Lipinski definition) is 5. The average Bonchev–Trinajstić information content (AvgIpc) is 3.12. The Kier molecular flexibility index (Phi) is 5.63. The van der Waals surface area contributed by atoms with E-state index in [0.717, 1.165) is 42.5 Å². The highest BCUT2D eigenvalue weighted by Crippen LogP contribution is 2.28. The number of likely N-dealkylation sites (tertiary alicyclic amines) is 2. The summed E-state index contributed by atoms with van der Waals surface area (Å²) in [6, 6.07) is 9.93. The lowest BCUT2D eigenvalue weighted by Crippen LogP contribution is -2.46. The number of aromatic nitrogens is 1. The van der Waals surface area contributed by atoms with E-state index in [2.05, 4.69) is 34.3 Å². The lowest BCUT2D eigenvalue weighted by atomic mass is 10.0. The van der Waals surface area contributed by atoms with E-state index in [1.807, 2.05) is 18.2 Å². The number of nitrogens with one attached hydrogen (secondary N) is 1. The SMILES string of the molecule is Cc1ccc2ncccc2c1NC1CCN(CC(=O)N2C[C@@H](F)C[C@H]2C#N)CC1. The summed E-state index contributed by atoms with van der Waals surface area (Å²) in [5.41, 5.74) is 3.31. The van der Waals surface area contributed by atoms with Gasteiger partial charge in [-0.1, -0.05) is 6.07 Å². The minimum atomic E-state index is -1.09. The molecule has 7 heteroatoms. The zero-order valence-electron chi connectivity index (χ0n) is 16.6. The van der Waals surface area contributed by atoms with Gasteiger partial charge in [0.05, 0.1) is 24.7 Å². The number of fused-ring (bicyclic) bond motifs is 1. The Hall–Kier alpha value is -2.72. The number of halogens is 1. The monoisotopic (exact) mass is 395 g/mol. The molecule has 1 aromatic heterocycles. The van der Waals surface area contributed by atoms with E-state index in [0.29, 0.717) is 6.04 Å². The van der Waals surface area contributed by atoms with Crippen molar-refractivity contribution in [2.24, 2.45) is 0 Å². The molecule has 1 aromatic carbocycles. The van der Waals surface area contributed by atoms with Gasteiger partial charge < -0.3 is 10.2 Å². The van der Waals surface area contributed by atoms with Gasteiger partial charge in [0.25, 0.3) is 0 Å². The minimum Gasteiger partial charge on any atom is -0.381 e. The van der Waals surface area contributed by atoms with Crippen molar-refractivity contribution in [3.63, 3.8) is 0 Å².